The van der Waals surface area contributed by atoms with Gasteiger partial charge in [0.2, 0.25) is 5.89 Å². The molecule has 0 atom stereocenters. The van der Waals surface area contributed by atoms with Crippen LogP contribution in [0.15, 0.2) is 39.7 Å². The molecule has 0 aliphatic rings. The smallest absolute Gasteiger partial charge is 0.285 e. The highest BCUT2D eigenvalue weighted by Crippen LogP contribution is 2.23. The molecule has 6 nitrogen and oxygen atoms in total. The van der Waals surface area contributed by atoms with E-state index in [4.69, 9.17) is 21.3 Å². The number of oxazole rings is 1. The third kappa shape index (κ3) is 2.94. The second-order valence-corrected chi connectivity index (χ2v) is 5.73. The molecule has 1 aromatic carbocycles. The number of rotatable bonds is 3. The molecule has 0 saturated carbocycles. The maximum Gasteiger partial charge on any atom is 0.285 e. The number of hydrogen-bond donors (Lipinski definition) is 0. The van der Waals surface area contributed by atoms with Crippen LogP contribution in [0, 0.1) is 25.2 Å². The van der Waals surface area contributed by atoms with Crippen molar-refractivity contribution < 1.29 is 4.42 Å². The number of benzene rings is 1. The van der Waals surface area contributed by atoms with E-state index in [1.807, 2.05) is 18.2 Å². The zero-order valence-corrected chi connectivity index (χ0v) is 13.8. The second-order valence-electron chi connectivity index (χ2n) is 5.29. The number of aryl methyl sites for hydroxylation is 1. The Morgan fingerprint density at radius 1 is 1.38 bits per heavy atom. The van der Waals surface area contributed by atoms with Crippen LogP contribution in [0.4, 0.5) is 0 Å². The Hall–Kier alpha value is -2.91. The first-order valence-corrected chi connectivity index (χ1v) is 7.56. The van der Waals surface area contributed by atoms with Crippen LogP contribution in [0.2, 0.25) is 5.02 Å². The van der Waals surface area contributed by atoms with Gasteiger partial charge in [0, 0.05) is 10.6 Å². The van der Waals surface area contributed by atoms with Crippen LogP contribution < -0.4 is 5.56 Å². The Kier molecular flexibility index (Phi) is 4.19. The van der Waals surface area contributed by atoms with E-state index >= 15 is 0 Å². The fourth-order valence-electron chi connectivity index (χ4n) is 2.30. The summed E-state index contributed by atoms with van der Waals surface area (Å²) in [6.07, 6.45) is 1.57. The Balaban J connectivity index is 1.95. The van der Waals surface area contributed by atoms with E-state index < -0.39 is 5.56 Å². The van der Waals surface area contributed by atoms with Gasteiger partial charge in [0.1, 0.15) is 18.2 Å². The van der Waals surface area contributed by atoms with Gasteiger partial charge in [-0.1, -0.05) is 23.7 Å². The molecule has 0 aliphatic carbocycles. The normalized spacial score (nSPS) is 10.6. The van der Waals surface area contributed by atoms with Crippen molar-refractivity contribution in [2.75, 3.05) is 0 Å². The number of hydrogen-bond acceptors (Lipinski definition) is 5. The van der Waals surface area contributed by atoms with E-state index in [2.05, 4.69) is 10.1 Å². The summed E-state index contributed by atoms with van der Waals surface area (Å²) in [5.74, 6) is 0.872. The first-order valence-electron chi connectivity index (χ1n) is 7.18. The molecule has 0 fully saturated rings. The first-order chi connectivity index (χ1) is 11.5. The van der Waals surface area contributed by atoms with Crippen molar-refractivity contribution in [2.24, 2.45) is 0 Å². The highest BCUT2D eigenvalue weighted by Gasteiger charge is 2.14. The molecule has 0 bridgehead atoms. The third-order valence-electron chi connectivity index (χ3n) is 3.70. The number of halogens is 1. The SMILES string of the molecule is Cc1nn(Cc2ncc(-c3cccc(Cl)c3)o2)c(=O)c(C#N)c1C. The van der Waals surface area contributed by atoms with Crippen LogP contribution in [0.25, 0.3) is 11.3 Å². The Morgan fingerprint density at radius 2 is 2.17 bits per heavy atom. The predicted molar refractivity (Wildman–Crippen MR) is 88.7 cm³/mol. The van der Waals surface area contributed by atoms with Crippen LogP contribution in [-0.2, 0) is 6.54 Å². The van der Waals surface area contributed by atoms with Crippen LogP contribution in [0.1, 0.15) is 22.7 Å². The summed E-state index contributed by atoms with van der Waals surface area (Å²) in [5, 5.41) is 13.9. The van der Waals surface area contributed by atoms with Gasteiger partial charge in [0.15, 0.2) is 5.76 Å². The summed E-state index contributed by atoms with van der Waals surface area (Å²) in [7, 11) is 0. The summed E-state index contributed by atoms with van der Waals surface area (Å²) < 4.78 is 6.86. The molecule has 0 N–H and O–H groups in total. The molecule has 0 amide bonds. The van der Waals surface area contributed by atoms with Gasteiger partial charge in [0.05, 0.1) is 11.9 Å². The van der Waals surface area contributed by atoms with E-state index in [-0.39, 0.29) is 12.1 Å². The molecule has 0 unspecified atom stereocenters. The lowest BCUT2D eigenvalue weighted by Crippen LogP contribution is -2.28. The average molecular weight is 341 g/mol. The van der Waals surface area contributed by atoms with Gasteiger partial charge in [-0.2, -0.15) is 10.4 Å². The summed E-state index contributed by atoms with van der Waals surface area (Å²) in [5.41, 5.74) is 1.63. The zero-order chi connectivity index (χ0) is 17.3. The molecule has 0 saturated heterocycles. The topological polar surface area (TPSA) is 84.7 Å². The molecule has 0 aliphatic heterocycles. The van der Waals surface area contributed by atoms with E-state index in [0.717, 1.165) is 5.56 Å². The second kappa shape index (κ2) is 6.30. The van der Waals surface area contributed by atoms with E-state index in [1.54, 1.807) is 32.2 Å². The standard InChI is InChI=1S/C17H13ClN4O2/c1-10-11(2)21-22(17(23)14(10)7-19)9-16-20-8-15(24-16)12-4-3-5-13(18)6-12/h3-6,8H,9H2,1-2H3. The molecule has 120 valence electrons. The number of nitrogens with zero attached hydrogens (tertiary/aromatic N) is 4. The molecule has 2 aromatic heterocycles. The fourth-order valence-corrected chi connectivity index (χ4v) is 2.49. The lowest BCUT2D eigenvalue weighted by Gasteiger charge is -2.07. The molecule has 0 spiro atoms. The number of aromatic nitrogens is 3. The minimum atomic E-state index is -0.455. The molecule has 2 heterocycles. The van der Waals surface area contributed by atoms with Gasteiger partial charge < -0.3 is 4.42 Å². The lowest BCUT2D eigenvalue weighted by molar-refractivity contribution is 0.463. The van der Waals surface area contributed by atoms with E-state index in [9.17, 15) is 4.79 Å². The molecule has 24 heavy (non-hydrogen) atoms. The van der Waals surface area contributed by atoms with Crippen molar-refractivity contribution in [3.8, 4) is 17.4 Å². The van der Waals surface area contributed by atoms with Gasteiger partial charge in [0.25, 0.3) is 5.56 Å². The zero-order valence-electron chi connectivity index (χ0n) is 13.1. The Morgan fingerprint density at radius 3 is 2.88 bits per heavy atom. The molecular weight excluding hydrogens is 328 g/mol. The van der Waals surface area contributed by atoms with Crippen LogP contribution in [0.3, 0.4) is 0 Å². The van der Waals surface area contributed by atoms with Crippen molar-refractivity contribution in [1.29, 1.82) is 5.26 Å². The first kappa shape index (κ1) is 16.0. The molecular formula is C17H13ClN4O2. The van der Waals surface area contributed by atoms with Gasteiger partial charge in [-0.05, 0) is 31.5 Å². The van der Waals surface area contributed by atoms with Gasteiger partial charge in [-0.3, -0.25) is 4.79 Å². The largest absolute Gasteiger partial charge is 0.439 e. The molecule has 0 radical (unpaired) electrons. The van der Waals surface area contributed by atoms with Gasteiger partial charge in [-0.15, -0.1) is 0 Å². The van der Waals surface area contributed by atoms with Crippen molar-refractivity contribution in [2.45, 2.75) is 20.4 Å². The van der Waals surface area contributed by atoms with Gasteiger partial charge >= 0.3 is 0 Å². The van der Waals surface area contributed by atoms with Crippen LogP contribution in [-0.4, -0.2) is 14.8 Å². The fraction of sp³-hybridized carbons (Fsp3) is 0.176. The minimum absolute atomic E-state index is 0.0508. The van der Waals surface area contributed by atoms with Crippen molar-refractivity contribution in [1.82, 2.24) is 14.8 Å². The quantitative estimate of drug-likeness (QED) is 0.731. The average Bonchev–Trinajstić information content (AvgIpc) is 3.02. The summed E-state index contributed by atoms with van der Waals surface area (Å²) in [6.45, 7) is 3.50. The highest BCUT2D eigenvalue weighted by molar-refractivity contribution is 6.30. The van der Waals surface area contributed by atoms with Crippen molar-refractivity contribution in [3.05, 3.63) is 68.6 Å². The van der Waals surface area contributed by atoms with Gasteiger partial charge in [-0.25, -0.2) is 9.67 Å². The van der Waals surface area contributed by atoms with Crippen LogP contribution in [0.5, 0.6) is 0 Å². The lowest BCUT2D eigenvalue weighted by atomic mass is 10.1. The maximum absolute atomic E-state index is 12.3. The summed E-state index contributed by atoms with van der Waals surface area (Å²) >= 11 is 5.97. The maximum atomic E-state index is 12.3. The Labute approximate surface area is 142 Å². The molecule has 3 aromatic rings. The number of nitriles is 1. The highest BCUT2D eigenvalue weighted by atomic mass is 35.5. The van der Waals surface area contributed by atoms with E-state index in [0.29, 0.717) is 27.9 Å². The predicted octanol–water partition coefficient (Wildman–Crippen LogP) is 3.09. The monoisotopic (exact) mass is 340 g/mol. The van der Waals surface area contributed by atoms with Crippen molar-refractivity contribution >= 4 is 11.6 Å². The molecule has 7 heteroatoms. The van der Waals surface area contributed by atoms with Crippen molar-refractivity contribution in [3.63, 3.8) is 0 Å². The summed E-state index contributed by atoms with van der Waals surface area (Å²) in [6, 6.07) is 9.13. The minimum Gasteiger partial charge on any atom is -0.439 e. The summed E-state index contributed by atoms with van der Waals surface area (Å²) in [4.78, 5) is 16.5. The van der Waals surface area contributed by atoms with Crippen LogP contribution >= 0.6 is 11.6 Å². The Bertz CT molecular complexity index is 1010. The molecule has 3 rings (SSSR count). The van der Waals surface area contributed by atoms with E-state index in [1.165, 1.54) is 4.68 Å². The third-order valence-corrected chi connectivity index (χ3v) is 3.93.